The lowest BCUT2D eigenvalue weighted by Gasteiger charge is -2.03. The van der Waals surface area contributed by atoms with Crippen LogP contribution in [0.15, 0.2) is 18.2 Å². The van der Waals surface area contributed by atoms with Crippen LogP contribution < -0.4 is 16.8 Å². The first-order valence-corrected chi connectivity index (χ1v) is 5.09. The van der Waals surface area contributed by atoms with Gasteiger partial charge >= 0.3 is 0 Å². The van der Waals surface area contributed by atoms with E-state index in [0.29, 0.717) is 0 Å². The van der Waals surface area contributed by atoms with Crippen LogP contribution in [0, 0.1) is 17.7 Å². The van der Waals surface area contributed by atoms with E-state index in [1.165, 1.54) is 12.1 Å². The van der Waals surface area contributed by atoms with Crippen molar-refractivity contribution in [1.29, 1.82) is 0 Å². The molecular weight excluding hydrogens is 237 g/mol. The van der Waals surface area contributed by atoms with Gasteiger partial charge in [-0.2, -0.15) is 0 Å². The normalized spacial score (nSPS) is 9.22. The number of carbonyl (C=O) groups excluding carboxylic acids is 2. The van der Waals surface area contributed by atoms with Gasteiger partial charge in [-0.1, -0.05) is 11.8 Å². The van der Waals surface area contributed by atoms with E-state index in [2.05, 4.69) is 17.2 Å². The third kappa shape index (κ3) is 3.88. The first kappa shape index (κ1) is 13.7. The molecule has 2 amide bonds. The highest BCUT2D eigenvalue weighted by molar-refractivity contribution is 5.96. The molecule has 0 saturated heterocycles. The highest BCUT2D eigenvalue weighted by Gasteiger charge is 2.09. The van der Waals surface area contributed by atoms with Crippen LogP contribution >= 0.6 is 0 Å². The predicted octanol–water partition coefficient (Wildman–Crippen LogP) is -0.649. The molecule has 5 N–H and O–H groups in total. The Kier molecular flexibility index (Phi) is 4.84. The Morgan fingerprint density at radius 3 is 2.67 bits per heavy atom. The fraction of sp³-hybridized carbons (Fsp3) is 0.167. The van der Waals surface area contributed by atoms with Crippen LogP contribution in [0.4, 0.5) is 4.39 Å². The van der Waals surface area contributed by atoms with Crippen molar-refractivity contribution in [3.8, 4) is 11.8 Å². The molecule has 18 heavy (non-hydrogen) atoms. The molecular formula is C12H12FN3O2. The topological polar surface area (TPSA) is 98.2 Å². The molecule has 0 saturated carbocycles. The maximum atomic E-state index is 13.5. The summed E-state index contributed by atoms with van der Waals surface area (Å²) in [7, 11) is 0. The van der Waals surface area contributed by atoms with E-state index in [4.69, 9.17) is 11.5 Å². The van der Waals surface area contributed by atoms with Crippen molar-refractivity contribution in [2.24, 2.45) is 11.5 Å². The highest BCUT2D eigenvalue weighted by Crippen LogP contribution is 2.09. The Hall–Kier alpha value is -2.39. The molecule has 5 nitrogen and oxygen atoms in total. The second kappa shape index (κ2) is 6.37. The predicted molar refractivity (Wildman–Crippen MR) is 63.9 cm³/mol. The zero-order valence-corrected chi connectivity index (χ0v) is 9.50. The second-order valence-corrected chi connectivity index (χ2v) is 3.35. The lowest BCUT2D eigenvalue weighted by molar-refractivity contribution is -0.117. The van der Waals surface area contributed by atoms with Gasteiger partial charge in [0, 0.05) is 5.56 Å². The molecule has 0 aliphatic rings. The van der Waals surface area contributed by atoms with Crippen LogP contribution in [-0.2, 0) is 4.79 Å². The number of rotatable bonds is 3. The maximum absolute atomic E-state index is 13.5. The van der Waals surface area contributed by atoms with Gasteiger partial charge in [0.15, 0.2) is 0 Å². The quantitative estimate of drug-likeness (QED) is 0.621. The van der Waals surface area contributed by atoms with E-state index in [-0.39, 0.29) is 24.2 Å². The number of carbonyl (C=O) groups is 2. The number of benzene rings is 1. The molecule has 1 aromatic rings. The molecule has 0 fully saturated rings. The third-order valence-corrected chi connectivity index (χ3v) is 1.98. The van der Waals surface area contributed by atoms with Crippen molar-refractivity contribution >= 4 is 11.8 Å². The van der Waals surface area contributed by atoms with Gasteiger partial charge in [0.1, 0.15) is 5.82 Å². The van der Waals surface area contributed by atoms with Crippen molar-refractivity contribution in [3.63, 3.8) is 0 Å². The molecule has 0 unspecified atom stereocenters. The number of halogens is 1. The summed E-state index contributed by atoms with van der Waals surface area (Å²) in [4.78, 5) is 22.0. The Balaban J connectivity index is 2.83. The van der Waals surface area contributed by atoms with Crippen molar-refractivity contribution in [2.45, 2.75) is 0 Å². The minimum atomic E-state index is -0.672. The molecule has 0 heterocycles. The van der Waals surface area contributed by atoms with Crippen LogP contribution in [0.2, 0.25) is 0 Å². The lowest BCUT2D eigenvalue weighted by Crippen LogP contribution is -2.33. The SMILES string of the molecule is NCC#Cc1ccc(C(=O)NCC(N)=O)cc1F. The molecule has 94 valence electrons. The molecule has 1 aromatic carbocycles. The van der Waals surface area contributed by atoms with Crippen LogP contribution in [0.5, 0.6) is 0 Å². The number of hydrogen-bond donors (Lipinski definition) is 3. The van der Waals surface area contributed by atoms with Crippen molar-refractivity contribution < 1.29 is 14.0 Å². The third-order valence-electron chi connectivity index (χ3n) is 1.98. The van der Waals surface area contributed by atoms with Gasteiger partial charge in [-0.15, -0.1) is 0 Å². The van der Waals surface area contributed by atoms with Gasteiger partial charge in [0.2, 0.25) is 5.91 Å². The van der Waals surface area contributed by atoms with Crippen LogP contribution in [0.25, 0.3) is 0 Å². The fourth-order valence-corrected chi connectivity index (χ4v) is 1.17. The maximum Gasteiger partial charge on any atom is 0.251 e. The summed E-state index contributed by atoms with van der Waals surface area (Å²) in [6.45, 7) is -0.171. The van der Waals surface area contributed by atoms with Crippen LogP contribution in [0.3, 0.4) is 0 Å². The average molecular weight is 249 g/mol. The van der Waals surface area contributed by atoms with E-state index in [1.807, 2.05) is 0 Å². The standard InChI is InChI=1S/C12H12FN3O2/c13-10-6-9(12(18)16-7-11(15)17)4-3-8(10)2-1-5-14/h3-4,6H,5,7,14H2,(H2,15,17)(H,16,18). The highest BCUT2D eigenvalue weighted by atomic mass is 19.1. The summed E-state index contributed by atoms with van der Waals surface area (Å²) in [5, 5.41) is 2.25. The van der Waals surface area contributed by atoms with Gasteiger partial charge in [-0.25, -0.2) is 4.39 Å². The van der Waals surface area contributed by atoms with Crippen molar-refractivity contribution in [2.75, 3.05) is 13.1 Å². The minimum Gasteiger partial charge on any atom is -0.368 e. The van der Waals surface area contributed by atoms with E-state index >= 15 is 0 Å². The summed E-state index contributed by atoms with van der Waals surface area (Å²) >= 11 is 0. The summed E-state index contributed by atoms with van der Waals surface area (Å²) in [6, 6.07) is 3.81. The summed E-state index contributed by atoms with van der Waals surface area (Å²) in [5.41, 5.74) is 10.3. The number of hydrogen-bond acceptors (Lipinski definition) is 3. The molecule has 0 radical (unpaired) electrons. The number of nitrogens with one attached hydrogen (secondary N) is 1. The van der Waals surface area contributed by atoms with Gasteiger partial charge in [0.25, 0.3) is 5.91 Å². The van der Waals surface area contributed by atoms with Gasteiger partial charge in [-0.05, 0) is 18.2 Å². The molecule has 0 aliphatic carbocycles. The van der Waals surface area contributed by atoms with E-state index in [0.717, 1.165) is 6.07 Å². The Labute approximate surface area is 103 Å². The first-order valence-electron chi connectivity index (χ1n) is 5.09. The summed E-state index contributed by atoms with van der Waals surface area (Å²) < 4.78 is 13.5. The fourth-order valence-electron chi connectivity index (χ4n) is 1.17. The molecule has 1 rings (SSSR count). The number of amides is 2. The average Bonchev–Trinajstić information content (AvgIpc) is 2.34. The second-order valence-electron chi connectivity index (χ2n) is 3.35. The van der Waals surface area contributed by atoms with E-state index in [1.54, 1.807) is 0 Å². The summed E-state index contributed by atoms with van der Waals surface area (Å²) in [6.07, 6.45) is 0. The molecule has 6 heteroatoms. The molecule has 0 aromatic heterocycles. The van der Waals surface area contributed by atoms with Gasteiger partial charge < -0.3 is 16.8 Å². The Morgan fingerprint density at radius 1 is 1.39 bits per heavy atom. The van der Waals surface area contributed by atoms with Gasteiger partial charge in [-0.3, -0.25) is 9.59 Å². The molecule has 0 atom stereocenters. The Bertz CT molecular complexity index is 532. The van der Waals surface area contributed by atoms with Crippen LogP contribution in [0.1, 0.15) is 15.9 Å². The zero-order chi connectivity index (χ0) is 13.5. The number of nitrogens with two attached hydrogens (primary N) is 2. The molecule has 0 bridgehead atoms. The molecule has 0 spiro atoms. The largest absolute Gasteiger partial charge is 0.368 e. The Morgan fingerprint density at radius 2 is 2.11 bits per heavy atom. The minimum absolute atomic E-state index is 0.0899. The smallest absolute Gasteiger partial charge is 0.251 e. The first-order chi connectivity index (χ1) is 8.54. The summed E-state index contributed by atoms with van der Waals surface area (Å²) in [5.74, 6) is 3.17. The number of primary amides is 1. The van der Waals surface area contributed by atoms with E-state index < -0.39 is 17.6 Å². The lowest BCUT2D eigenvalue weighted by atomic mass is 10.1. The zero-order valence-electron chi connectivity index (χ0n) is 9.50. The van der Waals surface area contributed by atoms with Crippen LogP contribution in [-0.4, -0.2) is 24.9 Å². The molecule has 0 aliphatic heterocycles. The van der Waals surface area contributed by atoms with Crippen molar-refractivity contribution in [3.05, 3.63) is 35.1 Å². The van der Waals surface area contributed by atoms with Gasteiger partial charge in [0.05, 0.1) is 18.7 Å². The van der Waals surface area contributed by atoms with Crippen molar-refractivity contribution in [1.82, 2.24) is 5.32 Å². The monoisotopic (exact) mass is 249 g/mol. The van der Waals surface area contributed by atoms with E-state index in [9.17, 15) is 14.0 Å².